The molecular formula is C19H22N2O. The minimum atomic E-state index is 0.141. The molecule has 1 N–H and O–H groups in total. The Morgan fingerprint density at radius 2 is 2.05 bits per heavy atom. The largest absolute Gasteiger partial charge is 0.350 e. The van der Waals surface area contributed by atoms with E-state index in [1.54, 1.807) is 0 Å². The summed E-state index contributed by atoms with van der Waals surface area (Å²) >= 11 is 0. The lowest BCUT2D eigenvalue weighted by atomic mass is 9.70. The number of nitrogens with zero attached hydrogens (tertiary/aromatic N) is 1. The zero-order chi connectivity index (χ0) is 15.2. The van der Waals surface area contributed by atoms with Crippen LogP contribution in [0, 0.1) is 0 Å². The molecule has 0 saturated heterocycles. The lowest BCUT2D eigenvalue weighted by Gasteiger charge is -2.39. The summed E-state index contributed by atoms with van der Waals surface area (Å²) in [5, 5.41) is 3.11. The quantitative estimate of drug-likeness (QED) is 0.834. The van der Waals surface area contributed by atoms with Crippen molar-refractivity contribution in [1.82, 2.24) is 4.57 Å². The number of fused-ring (bicyclic) bond motifs is 2. The van der Waals surface area contributed by atoms with Crippen molar-refractivity contribution in [2.45, 2.75) is 51.0 Å². The van der Waals surface area contributed by atoms with Crippen molar-refractivity contribution in [3.8, 4) is 11.1 Å². The number of aryl methyl sites for hydroxylation is 1. The van der Waals surface area contributed by atoms with E-state index in [2.05, 4.69) is 41.2 Å². The molecule has 1 aromatic heterocycles. The molecule has 0 aliphatic carbocycles. The first-order valence-corrected chi connectivity index (χ1v) is 8.32. The third-order valence-electron chi connectivity index (χ3n) is 5.52. The van der Waals surface area contributed by atoms with Gasteiger partial charge in [0.25, 0.3) is 0 Å². The summed E-state index contributed by atoms with van der Waals surface area (Å²) in [6, 6.07) is 10.4. The third kappa shape index (κ3) is 1.92. The van der Waals surface area contributed by atoms with E-state index in [-0.39, 0.29) is 11.3 Å². The highest BCUT2D eigenvalue weighted by molar-refractivity contribution is 5.96. The second-order valence-electron chi connectivity index (χ2n) is 6.60. The molecule has 0 unspecified atom stereocenters. The Labute approximate surface area is 131 Å². The predicted octanol–water partition coefficient (Wildman–Crippen LogP) is 4.33. The maximum Gasteiger partial charge on any atom is 0.224 e. The Balaban J connectivity index is 2.00. The maximum atomic E-state index is 12.3. The molecule has 0 saturated carbocycles. The third-order valence-corrected chi connectivity index (χ3v) is 5.52. The summed E-state index contributed by atoms with van der Waals surface area (Å²) in [6.07, 6.45) is 7.27. The van der Waals surface area contributed by atoms with Crippen molar-refractivity contribution < 1.29 is 4.79 Å². The Morgan fingerprint density at radius 1 is 1.18 bits per heavy atom. The molecule has 4 rings (SSSR count). The average Bonchev–Trinajstić information content (AvgIpc) is 2.99. The molecule has 0 fully saturated rings. The second kappa shape index (κ2) is 5.01. The Hall–Kier alpha value is -2.03. The van der Waals surface area contributed by atoms with Gasteiger partial charge in [0, 0.05) is 47.1 Å². The fraction of sp³-hybridized carbons (Fsp3) is 0.421. The van der Waals surface area contributed by atoms with Gasteiger partial charge in [0.1, 0.15) is 0 Å². The molecule has 3 heterocycles. The molecule has 2 aliphatic heterocycles. The number of nitrogens with one attached hydrogen (secondary N) is 1. The van der Waals surface area contributed by atoms with E-state index >= 15 is 0 Å². The van der Waals surface area contributed by atoms with Gasteiger partial charge < -0.3 is 9.88 Å². The van der Waals surface area contributed by atoms with E-state index in [4.69, 9.17) is 0 Å². The molecule has 1 amide bonds. The van der Waals surface area contributed by atoms with Gasteiger partial charge in [-0.15, -0.1) is 0 Å². The number of carbonyl (C=O) groups is 1. The smallest absolute Gasteiger partial charge is 0.224 e. The van der Waals surface area contributed by atoms with Gasteiger partial charge in [-0.05, 0) is 37.8 Å². The Kier molecular flexibility index (Phi) is 3.10. The van der Waals surface area contributed by atoms with E-state index in [9.17, 15) is 4.79 Å². The van der Waals surface area contributed by atoms with Crippen LogP contribution in [0.1, 0.15) is 44.7 Å². The molecule has 0 spiro atoms. The number of hydrogen-bond acceptors (Lipinski definition) is 1. The van der Waals surface area contributed by atoms with Crippen LogP contribution in [0.25, 0.3) is 11.1 Å². The highest BCUT2D eigenvalue weighted by Crippen LogP contribution is 2.47. The molecule has 3 nitrogen and oxygen atoms in total. The number of rotatable bonds is 1. The molecule has 0 bridgehead atoms. The highest BCUT2D eigenvalue weighted by Gasteiger charge is 2.39. The van der Waals surface area contributed by atoms with E-state index in [0.717, 1.165) is 30.6 Å². The number of aromatic nitrogens is 1. The first-order chi connectivity index (χ1) is 10.7. The first-order valence-electron chi connectivity index (χ1n) is 8.32. The normalized spacial score (nSPS) is 23.6. The number of hydrogen-bond donors (Lipinski definition) is 1. The Morgan fingerprint density at radius 3 is 2.91 bits per heavy atom. The van der Waals surface area contributed by atoms with Gasteiger partial charge in [0.05, 0.1) is 0 Å². The minimum absolute atomic E-state index is 0.141. The average molecular weight is 294 g/mol. The van der Waals surface area contributed by atoms with Crippen LogP contribution in [0.5, 0.6) is 0 Å². The topological polar surface area (TPSA) is 34.0 Å². The highest BCUT2D eigenvalue weighted by atomic mass is 16.1. The fourth-order valence-corrected chi connectivity index (χ4v) is 4.33. The van der Waals surface area contributed by atoms with Crippen LogP contribution < -0.4 is 5.32 Å². The molecule has 114 valence electrons. The lowest BCUT2D eigenvalue weighted by molar-refractivity contribution is -0.116. The van der Waals surface area contributed by atoms with Crippen molar-refractivity contribution in [1.29, 1.82) is 0 Å². The molecule has 0 radical (unpaired) electrons. The van der Waals surface area contributed by atoms with Gasteiger partial charge >= 0.3 is 0 Å². The van der Waals surface area contributed by atoms with Crippen LogP contribution in [0.3, 0.4) is 0 Å². The van der Waals surface area contributed by atoms with Crippen molar-refractivity contribution >= 4 is 11.6 Å². The van der Waals surface area contributed by atoms with Crippen LogP contribution in [0.15, 0.2) is 36.5 Å². The Bertz CT molecular complexity index is 731. The second-order valence-corrected chi connectivity index (χ2v) is 6.60. The standard InChI is InChI=1S/C19H22N2O/c1-2-19-10-5-12-21-13-9-15(18(19)21)14-6-3-4-7-16(14)20-17(22)8-11-19/h3-4,6-7,9,13H,2,5,8,10-12H2,1H3,(H,20,22)/t19-/m1/s1. The molecule has 1 aromatic carbocycles. The summed E-state index contributed by atoms with van der Waals surface area (Å²) < 4.78 is 2.43. The number of anilines is 1. The van der Waals surface area contributed by atoms with Crippen molar-refractivity contribution in [2.75, 3.05) is 5.32 Å². The first kappa shape index (κ1) is 13.6. The molecule has 2 aromatic rings. The van der Waals surface area contributed by atoms with Crippen LogP contribution in [0.4, 0.5) is 5.69 Å². The van der Waals surface area contributed by atoms with Crippen LogP contribution in [-0.2, 0) is 16.8 Å². The number of amides is 1. The van der Waals surface area contributed by atoms with E-state index in [0.29, 0.717) is 6.42 Å². The fourth-order valence-electron chi connectivity index (χ4n) is 4.33. The van der Waals surface area contributed by atoms with Crippen LogP contribution in [0.2, 0.25) is 0 Å². The van der Waals surface area contributed by atoms with Crippen LogP contribution >= 0.6 is 0 Å². The molecule has 3 heteroatoms. The van der Waals surface area contributed by atoms with Gasteiger partial charge in [-0.25, -0.2) is 0 Å². The van der Waals surface area contributed by atoms with E-state index in [1.807, 2.05) is 12.1 Å². The van der Waals surface area contributed by atoms with Crippen molar-refractivity contribution in [2.24, 2.45) is 0 Å². The molecular weight excluding hydrogens is 272 g/mol. The summed E-state index contributed by atoms with van der Waals surface area (Å²) in [5.74, 6) is 0.141. The summed E-state index contributed by atoms with van der Waals surface area (Å²) in [4.78, 5) is 12.3. The van der Waals surface area contributed by atoms with Crippen molar-refractivity contribution in [3.05, 3.63) is 42.2 Å². The molecule has 22 heavy (non-hydrogen) atoms. The van der Waals surface area contributed by atoms with Gasteiger partial charge in [-0.1, -0.05) is 25.1 Å². The SMILES string of the molecule is CC[C@]12CCCn3ccc(c31)-c1ccccc1NC(=O)CC2. The van der Waals surface area contributed by atoms with Gasteiger partial charge in [-0.2, -0.15) is 0 Å². The van der Waals surface area contributed by atoms with Crippen molar-refractivity contribution in [3.63, 3.8) is 0 Å². The number of para-hydroxylation sites is 1. The molecule has 2 aliphatic rings. The predicted molar refractivity (Wildman–Crippen MR) is 88.9 cm³/mol. The van der Waals surface area contributed by atoms with Gasteiger partial charge in [-0.3, -0.25) is 4.79 Å². The minimum Gasteiger partial charge on any atom is -0.350 e. The summed E-state index contributed by atoms with van der Waals surface area (Å²) in [6.45, 7) is 3.37. The molecule has 1 atom stereocenters. The zero-order valence-corrected chi connectivity index (χ0v) is 13.1. The van der Waals surface area contributed by atoms with E-state index in [1.165, 1.54) is 24.1 Å². The van der Waals surface area contributed by atoms with Crippen LogP contribution in [-0.4, -0.2) is 10.5 Å². The van der Waals surface area contributed by atoms with E-state index < -0.39 is 0 Å². The summed E-state index contributed by atoms with van der Waals surface area (Å²) in [5.41, 5.74) is 5.00. The van der Waals surface area contributed by atoms with Gasteiger partial charge in [0.15, 0.2) is 0 Å². The number of benzene rings is 1. The van der Waals surface area contributed by atoms with Gasteiger partial charge in [0.2, 0.25) is 5.91 Å². The summed E-state index contributed by atoms with van der Waals surface area (Å²) in [7, 11) is 0. The number of carbonyl (C=O) groups excluding carboxylic acids is 1. The maximum absolute atomic E-state index is 12.3. The lowest BCUT2D eigenvalue weighted by Crippen LogP contribution is -2.34. The monoisotopic (exact) mass is 294 g/mol. The zero-order valence-electron chi connectivity index (χ0n) is 13.1.